The van der Waals surface area contributed by atoms with Gasteiger partial charge in [0.2, 0.25) is 0 Å². The summed E-state index contributed by atoms with van der Waals surface area (Å²) in [5.74, 6) is 1.54. The summed E-state index contributed by atoms with van der Waals surface area (Å²) in [5, 5.41) is 3.56. The number of benzene rings is 2. The number of morpholine rings is 1. The highest BCUT2D eigenvalue weighted by atomic mass is 16.5. The van der Waals surface area contributed by atoms with E-state index in [2.05, 4.69) is 41.4 Å². The number of nitrogens with zero attached hydrogens (tertiary/aromatic N) is 1. The van der Waals surface area contributed by atoms with Crippen molar-refractivity contribution < 1.29 is 14.2 Å². The van der Waals surface area contributed by atoms with E-state index >= 15 is 0 Å². The highest BCUT2D eigenvalue weighted by Gasteiger charge is 2.16. The second-order valence-electron chi connectivity index (χ2n) is 6.89. The average Bonchev–Trinajstić information content (AvgIpc) is 2.73. The van der Waals surface area contributed by atoms with Crippen LogP contribution in [0.15, 0.2) is 48.5 Å². The molecule has 27 heavy (non-hydrogen) atoms. The Hall–Kier alpha value is -2.08. The summed E-state index contributed by atoms with van der Waals surface area (Å²) in [4.78, 5) is 2.47. The van der Waals surface area contributed by atoms with E-state index in [9.17, 15) is 0 Å². The summed E-state index contributed by atoms with van der Waals surface area (Å²) in [7, 11) is 1.67. The third-order valence-electron chi connectivity index (χ3n) is 4.90. The molecule has 2 aromatic rings. The molecule has 0 aliphatic carbocycles. The maximum Gasteiger partial charge on any atom is 0.161 e. The molecule has 1 heterocycles. The fourth-order valence-electron chi connectivity index (χ4n) is 3.25. The molecule has 0 bridgehead atoms. The number of ether oxygens (including phenoxy) is 3. The van der Waals surface area contributed by atoms with Gasteiger partial charge in [-0.25, -0.2) is 0 Å². The maximum atomic E-state index is 6.00. The largest absolute Gasteiger partial charge is 0.493 e. The van der Waals surface area contributed by atoms with Gasteiger partial charge in [-0.15, -0.1) is 0 Å². The molecule has 1 fully saturated rings. The Morgan fingerprint density at radius 1 is 1.04 bits per heavy atom. The summed E-state index contributed by atoms with van der Waals surface area (Å²) in [6.07, 6.45) is 0. The number of hydrogen-bond acceptors (Lipinski definition) is 5. The van der Waals surface area contributed by atoms with Gasteiger partial charge >= 0.3 is 0 Å². The van der Waals surface area contributed by atoms with E-state index < -0.39 is 0 Å². The fraction of sp³-hybridized carbons (Fsp3) is 0.455. The minimum Gasteiger partial charge on any atom is -0.493 e. The first-order valence-electron chi connectivity index (χ1n) is 9.62. The van der Waals surface area contributed by atoms with Crippen LogP contribution in [-0.2, 0) is 17.9 Å². The van der Waals surface area contributed by atoms with Crippen LogP contribution in [-0.4, -0.2) is 50.9 Å². The van der Waals surface area contributed by atoms with E-state index in [0.717, 1.165) is 56.5 Å². The monoisotopic (exact) mass is 370 g/mol. The van der Waals surface area contributed by atoms with E-state index in [4.69, 9.17) is 14.2 Å². The highest BCUT2D eigenvalue weighted by molar-refractivity contribution is 5.43. The van der Waals surface area contributed by atoms with Crippen LogP contribution in [0.2, 0.25) is 0 Å². The van der Waals surface area contributed by atoms with Crippen molar-refractivity contribution in [3.8, 4) is 11.5 Å². The smallest absolute Gasteiger partial charge is 0.161 e. The molecule has 1 unspecified atom stereocenters. The summed E-state index contributed by atoms with van der Waals surface area (Å²) in [6, 6.07) is 16.8. The van der Waals surface area contributed by atoms with E-state index in [-0.39, 0.29) is 0 Å². The maximum absolute atomic E-state index is 6.00. The van der Waals surface area contributed by atoms with Crippen LogP contribution >= 0.6 is 0 Å². The molecule has 0 spiro atoms. The average molecular weight is 370 g/mol. The zero-order chi connectivity index (χ0) is 18.9. The van der Waals surface area contributed by atoms with Crippen molar-refractivity contribution in [2.24, 2.45) is 0 Å². The normalized spacial score (nSPS) is 16.1. The first-order chi connectivity index (χ1) is 13.3. The SMILES string of the molecule is COc1ccc(CNCC(C)N2CCOCC2)cc1OCc1ccccc1. The first kappa shape index (κ1) is 19.7. The molecule has 5 heteroatoms. The molecular formula is C22H30N2O3. The van der Waals surface area contributed by atoms with Crippen molar-refractivity contribution in [2.75, 3.05) is 40.0 Å². The van der Waals surface area contributed by atoms with Gasteiger partial charge in [-0.05, 0) is 30.2 Å². The molecule has 3 rings (SSSR count). The van der Waals surface area contributed by atoms with Gasteiger partial charge in [0, 0.05) is 32.2 Å². The molecule has 1 N–H and O–H groups in total. The van der Waals surface area contributed by atoms with Gasteiger partial charge < -0.3 is 19.5 Å². The van der Waals surface area contributed by atoms with Gasteiger partial charge in [0.1, 0.15) is 6.61 Å². The second-order valence-corrected chi connectivity index (χ2v) is 6.89. The van der Waals surface area contributed by atoms with Crippen LogP contribution in [0.25, 0.3) is 0 Å². The molecule has 0 radical (unpaired) electrons. The molecule has 5 nitrogen and oxygen atoms in total. The molecule has 1 atom stereocenters. The summed E-state index contributed by atoms with van der Waals surface area (Å²) in [6.45, 7) is 8.26. The molecule has 0 aromatic heterocycles. The lowest BCUT2D eigenvalue weighted by atomic mass is 10.2. The number of nitrogens with one attached hydrogen (secondary N) is 1. The lowest BCUT2D eigenvalue weighted by Gasteiger charge is -2.32. The van der Waals surface area contributed by atoms with E-state index in [1.165, 1.54) is 5.56 Å². The minimum absolute atomic E-state index is 0.501. The summed E-state index contributed by atoms with van der Waals surface area (Å²) < 4.78 is 16.9. The van der Waals surface area contributed by atoms with Crippen LogP contribution in [0.1, 0.15) is 18.1 Å². The first-order valence-corrected chi connectivity index (χ1v) is 9.62. The Labute approximate surface area is 162 Å². The minimum atomic E-state index is 0.501. The number of rotatable bonds is 9. The van der Waals surface area contributed by atoms with Gasteiger partial charge in [-0.3, -0.25) is 4.90 Å². The predicted molar refractivity (Wildman–Crippen MR) is 107 cm³/mol. The molecule has 1 saturated heterocycles. The molecule has 1 aliphatic heterocycles. The lowest BCUT2D eigenvalue weighted by molar-refractivity contribution is 0.0203. The Morgan fingerprint density at radius 3 is 2.56 bits per heavy atom. The summed E-state index contributed by atoms with van der Waals surface area (Å²) in [5.41, 5.74) is 2.33. The molecule has 0 saturated carbocycles. The van der Waals surface area contributed by atoms with Crippen LogP contribution in [0.5, 0.6) is 11.5 Å². The summed E-state index contributed by atoms with van der Waals surface area (Å²) >= 11 is 0. The zero-order valence-corrected chi connectivity index (χ0v) is 16.3. The standard InChI is InChI=1S/C22H30N2O3/c1-18(24-10-12-26-13-11-24)15-23-16-20-8-9-21(25-2)22(14-20)27-17-19-6-4-3-5-7-19/h3-9,14,18,23H,10-13,15-17H2,1-2H3. The Bertz CT molecular complexity index is 687. The second kappa shape index (κ2) is 10.3. The third-order valence-corrected chi connectivity index (χ3v) is 4.90. The molecular weight excluding hydrogens is 340 g/mol. The topological polar surface area (TPSA) is 43.0 Å². The van der Waals surface area contributed by atoms with Gasteiger partial charge in [0.05, 0.1) is 20.3 Å². The van der Waals surface area contributed by atoms with Crippen molar-refractivity contribution in [3.05, 3.63) is 59.7 Å². The van der Waals surface area contributed by atoms with Gasteiger partial charge in [0.15, 0.2) is 11.5 Å². The zero-order valence-electron chi connectivity index (χ0n) is 16.3. The Balaban J connectivity index is 1.52. The van der Waals surface area contributed by atoms with Crippen LogP contribution in [0, 0.1) is 0 Å². The molecule has 146 valence electrons. The van der Waals surface area contributed by atoms with Crippen LogP contribution in [0.4, 0.5) is 0 Å². The van der Waals surface area contributed by atoms with Crippen molar-refractivity contribution >= 4 is 0 Å². The Morgan fingerprint density at radius 2 is 1.81 bits per heavy atom. The van der Waals surface area contributed by atoms with E-state index in [1.54, 1.807) is 7.11 Å². The Kier molecular flexibility index (Phi) is 7.51. The molecule has 0 amide bonds. The van der Waals surface area contributed by atoms with Gasteiger partial charge in [0.25, 0.3) is 0 Å². The lowest BCUT2D eigenvalue weighted by Crippen LogP contribution is -2.46. The third kappa shape index (κ3) is 5.96. The molecule has 1 aliphatic rings. The van der Waals surface area contributed by atoms with E-state index in [0.29, 0.717) is 12.6 Å². The number of hydrogen-bond donors (Lipinski definition) is 1. The number of methoxy groups -OCH3 is 1. The van der Waals surface area contributed by atoms with Crippen molar-refractivity contribution in [1.82, 2.24) is 10.2 Å². The van der Waals surface area contributed by atoms with Crippen LogP contribution in [0.3, 0.4) is 0 Å². The van der Waals surface area contributed by atoms with Crippen molar-refractivity contribution in [1.29, 1.82) is 0 Å². The quantitative estimate of drug-likeness (QED) is 0.735. The van der Waals surface area contributed by atoms with Gasteiger partial charge in [-0.1, -0.05) is 36.4 Å². The highest BCUT2D eigenvalue weighted by Crippen LogP contribution is 2.28. The van der Waals surface area contributed by atoms with E-state index in [1.807, 2.05) is 24.3 Å². The van der Waals surface area contributed by atoms with Gasteiger partial charge in [-0.2, -0.15) is 0 Å². The molecule has 2 aromatic carbocycles. The van der Waals surface area contributed by atoms with Crippen LogP contribution < -0.4 is 14.8 Å². The predicted octanol–water partition coefficient (Wildman–Crippen LogP) is 3.08. The van der Waals surface area contributed by atoms with Crippen molar-refractivity contribution in [2.45, 2.75) is 26.1 Å². The van der Waals surface area contributed by atoms with Crippen molar-refractivity contribution in [3.63, 3.8) is 0 Å². The fourth-order valence-corrected chi connectivity index (χ4v) is 3.25.